The van der Waals surface area contributed by atoms with Crippen LogP contribution in [0.25, 0.3) is 0 Å². The van der Waals surface area contributed by atoms with Gasteiger partial charge in [0.25, 0.3) is 0 Å². The summed E-state index contributed by atoms with van der Waals surface area (Å²) in [5.74, 6) is 0.791. The van der Waals surface area contributed by atoms with Crippen molar-refractivity contribution in [1.82, 2.24) is 10.1 Å². The molecule has 0 saturated heterocycles. The molecule has 5 heteroatoms. The molecule has 102 valence electrons. The predicted molar refractivity (Wildman–Crippen MR) is 73.4 cm³/mol. The highest BCUT2D eigenvalue weighted by molar-refractivity contribution is 5.41. The van der Waals surface area contributed by atoms with Crippen LogP contribution in [-0.2, 0) is 6.54 Å². The van der Waals surface area contributed by atoms with E-state index >= 15 is 0 Å². The molecule has 0 aliphatic carbocycles. The summed E-state index contributed by atoms with van der Waals surface area (Å²) < 4.78 is 5.02. The molecular formula is C14H19N3O2. The number of nitrogens with two attached hydrogens (primary N) is 1. The number of benzene rings is 1. The van der Waals surface area contributed by atoms with E-state index in [1.165, 1.54) is 0 Å². The van der Waals surface area contributed by atoms with Crippen LogP contribution in [0.3, 0.4) is 0 Å². The van der Waals surface area contributed by atoms with Gasteiger partial charge in [0.15, 0.2) is 0 Å². The summed E-state index contributed by atoms with van der Waals surface area (Å²) >= 11 is 0. The van der Waals surface area contributed by atoms with Crippen LogP contribution in [0, 0.1) is 6.92 Å². The summed E-state index contributed by atoms with van der Waals surface area (Å²) in [7, 11) is 1.93. The number of aromatic nitrogens is 1. The van der Waals surface area contributed by atoms with E-state index in [1.807, 2.05) is 37.1 Å². The molecular weight excluding hydrogens is 242 g/mol. The first kappa shape index (κ1) is 13.6. The van der Waals surface area contributed by atoms with E-state index in [-0.39, 0.29) is 0 Å². The number of aryl methyl sites for hydroxylation is 1. The van der Waals surface area contributed by atoms with Crippen LogP contribution in [0.1, 0.15) is 23.1 Å². The lowest BCUT2D eigenvalue weighted by atomic mass is 10.1. The van der Waals surface area contributed by atoms with Gasteiger partial charge in [-0.05, 0) is 31.7 Å². The van der Waals surface area contributed by atoms with E-state index in [9.17, 15) is 5.11 Å². The summed E-state index contributed by atoms with van der Waals surface area (Å²) in [5, 5.41) is 14.1. The van der Waals surface area contributed by atoms with Gasteiger partial charge < -0.3 is 15.4 Å². The molecule has 0 bridgehead atoms. The number of hydrogen-bond acceptors (Lipinski definition) is 5. The van der Waals surface area contributed by atoms with Gasteiger partial charge in [-0.2, -0.15) is 0 Å². The van der Waals surface area contributed by atoms with Crippen LogP contribution < -0.4 is 5.73 Å². The molecule has 0 amide bonds. The fourth-order valence-corrected chi connectivity index (χ4v) is 2.00. The number of anilines is 1. The topological polar surface area (TPSA) is 75.5 Å². The molecule has 1 aromatic carbocycles. The molecule has 0 aliphatic heterocycles. The maximum absolute atomic E-state index is 10.2. The van der Waals surface area contributed by atoms with Crippen molar-refractivity contribution in [1.29, 1.82) is 0 Å². The largest absolute Gasteiger partial charge is 0.399 e. The molecule has 0 spiro atoms. The number of nitrogens with zero attached hydrogens (tertiary/aromatic N) is 2. The lowest BCUT2D eigenvalue weighted by Gasteiger charge is -2.19. The van der Waals surface area contributed by atoms with E-state index in [2.05, 4.69) is 5.16 Å². The van der Waals surface area contributed by atoms with Gasteiger partial charge >= 0.3 is 0 Å². The molecule has 3 N–H and O–H groups in total. The standard InChI is InChI=1S/C14H19N3O2/c1-10-6-13(16-19-10)8-17(2)9-14(18)11-4-3-5-12(15)7-11/h3-7,14,18H,8-9,15H2,1-2H3. The van der Waals surface area contributed by atoms with Crippen LogP contribution in [0.5, 0.6) is 0 Å². The van der Waals surface area contributed by atoms with E-state index in [0.717, 1.165) is 17.0 Å². The Morgan fingerprint density at radius 3 is 2.84 bits per heavy atom. The molecule has 0 radical (unpaired) electrons. The first-order valence-corrected chi connectivity index (χ1v) is 6.19. The van der Waals surface area contributed by atoms with Crippen LogP contribution >= 0.6 is 0 Å². The molecule has 1 atom stereocenters. The fraction of sp³-hybridized carbons (Fsp3) is 0.357. The Kier molecular flexibility index (Phi) is 4.19. The molecule has 19 heavy (non-hydrogen) atoms. The van der Waals surface area contributed by atoms with E-state index in [0.29, 0.717) is 18.8 Å². The number of rotatable bonds is 5. The minimum atomic E-state index is -0.568. The van der Waals surface area contributed by atoms with E-state index in [4.69, 9.17) is 10.3 Å². The van der Waals surface area contributed by atoms with Gasteiger partial charge in [0, 0.05) is 24.8 Å². The van der Waals surface area contributed by atoms with Gasteiger partial charge in [-0.15, -0.1) is 0 Å². The van der Waals surface area contributed by atoms with Crippen molar-refractivity contribution in [3.05, 3.63) is 47.3 Å². The van der Waals surface area contributed by atoms with Crippen LogP contribution in [0.4, 0.5) is 5.69 Å². The van der Waals surface area contributed by atoms with Crippen molar-refractivity contribution in [3.8, 4) is 0 Å². The lowest BCUT2D eigenvalue weighted by Crippen LogP contribution is -2.24. The lowest BCUT2D eigenvalue weighted by molar-refractivity contribution is 0.122. The fourth-order valence-electron chi connectivity index (χ4n) is 2.00. The highest BCUT2D eigenvalue weighted by atomic mass is 16.5. The van der Waals surface area contributed by atoms with Gasteiger partial charge in [0.2, 0.25) is 0 Å². The Hall–Kier alpha value is -1.85. The van der Waals surface area contributed by atoms with Gasteiger partial charge in [0.05, 0.1) is 11.8 Å². The zero-order chi connectivity index (χ0) is 13.8. The summed E-state index contributed by atoms with van der Waals surface area (Å²) in [6.45, 7) is 3.00. The van der Waals surface area contributed by atoms with E-state index in [1.54, 1.807) is 12.1 Å². The average Bonchev–Trinajstić information content (AvgIpc) is 2.74. The number of hydrogen-bond donors (Lipinski definition) is 2. The molecule has 5 nitrogen and oxygen atoms in total. The van der Waals surface area contributed by atoms with Crippen LogP contribution in [0.15, 0.2) is 34.9 Å². The highest BCUT2D eigenvalue weighted by Gasteiger charge is 2.12. The number of aliphatic hydroxyl groups is 1. The van der Waals surface area contributed by atoms with Gasteiger partial charge in [-0.25, -0.2) is 0 Å². The Balaban J connectivity index is 1.93. The predicted octanol–water partition coefficient (Wildman–Crippen LogP) is 1.73. The zero-order valence-corrected chi connectivity index (χ0v) is 11.2. The molecule has 0 aliphatic rings. The molecule has 1 aromatic heterocycles. The second-order valence-corrected chi connectivity index (χ2v) is 4.81. The Labute approximate surface area is 112 Å². The monoisotopic (exact) mass is 261 g/mol. The molecule has 0 fully saturated rings. The van der Waals surface area contributed by atoms with Gasteiger partial charge in [-0.1, -0.05) is 17.3 Å². The quantitative estimate of drug-likeness (QED) is 0.802. The Bertz CT molecular complexity index is 539. The number of likely N-dealkylation sites (N-methyl/N-ethyl adjacent to an activating group) is 1. The summed E-state index contributed by atoms with van der Waals surface area (Å²) in [6.07, 6.45) is -0.568. The Morgan fingerprint density at radius 2 is 2.21 bits per heavy atom. The molecule has 1 unspecified atom stereocenters. The minimum absolute atomic E-state index is 0.509. The normalized spacial score (nSPS) is 12.8. The van der Waals surface area contributed by atoms with Crippen molar-refractivity contribution in [2.75, 3.05) is 19.3 Å². The molecule has 2 aromatic rings. The van der Waals surface area contributed by atoms with Crippen molar-refractivity contribution in [2.45, 2.75) is 19.6 Å². The highest BCUT2D eigenvalue weighted by Crippen LogP contribution is 2.17. The minimum Gasteiger partial charge on any atom is -0.399 e. The first-order chi connectivity index (χ1) is 9.04. The van der Waals surface area contributed by atoms with Crippen molar-refractivity contribution in [3.63, 3.8) is 0 Å². The Morgan fingerprint density at radius 1 is 1.42 bits per heavy atom. The molecule has 2 rings (SSSR count). The van der Waals surface area contributed by atoms with Crippen LogP contribution in [-0.4, -0.2) is 28.8 Å². The van der Waals surface area contributed by atoms with E-state index < -0.39 is 6.10 Å². The van der Waals surface area contributed by atoms with Gasteiger partial charge in [-0.3, -0.25) is 4.90 Å². The SMILES string of the molecule is Cc1cc(CN(C)CC(O)c2cccc(N)c2)no1. The maximum atomic E-state index is 10.2. The first-order valence-electron chi connectivity index (χ1n) is 6.19. The van der Waals surface area contributed by atoms with Crippen molar-refractivity contribution < 1.29 is 9.63 Å². The van der Waals surface area contributed by atoms with Gasteiger partial charge in [0.1, 0.15) is 5.76 Å². The number of nitrogen functional groups attached to an aromatic ring is 1. The number of aliphatic hydroxyl groups excluding tert-OH is 1. The summed E-state index contributed by atoms with van der Waals surface area (Å²) in [6, 6.07) is 9.20. The smallest absolute Gasteiger partial charge is 0.133 e. The maximum Gasteiger partial charge on any atom is 0.133 e. The summed E-state index contributed by atoms with van der Waals surface area (Å²) in [4.78, 5) is 1.99. The summed E-state index contributed by atoms with van der Waals surface area (Å²) in [5.41, 5.74) is 8.05. The van der Waals surface area contributed by atoms with Crippen molar-refractivity contribution in [2.24, 2.45) is 0 Å². The third-order valence-corrected chi connectivity index (χ3v) is 2.89. The average molecular weight is 261 g/mol. The third kappa shape index (κ3) is 3.81. The van der Waals surface area contributed by atoms with Crippen LogP contribution in [0.2, 0.25) is 0 Å². The second-order valence-electron chi connectivity index (χ2n) is 4.81. The third-order valence-electron chi connectivity index (χ3n) is 2.89. The van der Waals surface area contributed by atoms with Crippen molar-refractivity contribution >= 4 is 5.69 Å². The molecule has 1 heterocycles. The molecule has 0 saturated carbocycles. The second kappa shape index (κ2) is 5.86. The zero-order valence-electron chi connectivity index (χ0n) is 11.2.